The van der Waals surface area contributed by atoms with E-state index in [4.69, 9.17) is 11.2 Å². The van der Waals surface area contributed by atoms with Crippen LogP contribution >= 0.6 is 0 Å². The molecule has 0 N–H and O–H groups in total. The summed E-state index contributed by atoms with van der Waals surface area (Å²) in [6.07, 6.45) is 3.88. The Morgan fingerprint density at radius 2 is 1.94 bits per heavy atom. The predicted molar refractivity (Wildman–Crippen MR) is 69.0 cm³/mol. The van der Waals surface area contributed by atoms with Gasteiger partial charge in [-0.1, -0.05) is 48.4 Å². The van der Waals surface area contributed by atoms with E-state index >= 15 is 0 Å². The molecular weight excluding hydrogens is 228 g/mol. The van der Waals surface area contributed by atoms with E-state index in [2.05, 4.69) is 10.7 Å². The molecule has 0 fully saturated rings. The minimum atomic E-state index is -0.786. The van der Waals surface area contributed by atoms with Gasteiger partial charge in [0, 0.05) is 5.56 Å². The number of hydrogen-bond acceptors (Lipinski definition) is 3. The number of benzene rings is 2. The third-order valence-electron chi connectivity index (χ3n) is 2.64. The Morgan fingerprint density at radius 1 is 1.22 bits per heavy atom. The van der Waals surface area contributed by atoms with E-state index in [1.54, 1.807) is 0 Å². The number of methoxy groups -OCH3 is 1. The minimum Gasteiger partial charge on any atom is -0.438 e. The summed E-state index contributed by atoms with van der Waals surface area (Å²) in [5.41, 5.74) is 0.779. The zero-order chi connectivity index (χ0) is 13.0. The number of fused-ring (bicyclic) bond motifs is 1. The maximum Gasteiger partial charge on any atom is 0.509 e. The van der Waals surface area contributed by atoms with Gasteiger partial charge in [-0.15, -0.1) is 6.42 Å². The van der Waals surface area contributed by atoms with Crippen molar-refractivity contribution in [2.45, 2.75) is 6.10 Å². The van der Waals surface area contributed by atoms with E-state index in [0.29, 0.717) is 0 Å². The molecule has 1 unspecified atom stereocenters. The smallest absolute Gasteiger partial charge is 0.438 e. The van der Waals surface area contributed by atoms with Gasteiger partial charge in [0.15, 0.2) is 6.10 Å². The van der Waals surface area contributed by atoms with E-state index < -0.39 is 12.3 Å². The summed E-state index contributed by atoms with van der Waals surface area (Å²) >= 11 is 0. The average molecular weight is 240 g/mol. The van der Waals surface area contributed by atoms with Gasteiger partial charge in [-0.2, -0.15) is 0 Å². The van der Waals surface area contributed by atoms with Crippen molar-refractivity contribution < 1.29 is 14.3 Å². The molecule has 2 aromatic carbocycles. The van der Waals surface area contributed by atoms with Gasteiger partial charge >= 0.3 is 6.16 Å². The maximum absolute atomic E-state index is 11.2. The van der Waals surface area contributed by atoms with Gasteiger partial charge < -0.3 is 9.47 Å². The van der Waals surface area contributed by atoms with Crippen LogP contribution in [0.2, 0.25) is 0 Å². The lowest BCUT2D eigenvalue weighted by Crippen LogP contribution is -2.10. The molecule has 18 heavy (non-hydrogen) atoms. The summed E-state index contributed by atoms with van der Waals surface area (Å²) < 4.78 is 9.51. The van der Waals surface area contributed by atoms with Crippen LogP contribution in [0.5, 0.6) is 0 Å². The molecule has 0 saturated heterocycles. The molecule has 3 nitrogen and oxygen atoms in total. The van der Waals surface area contributed by atoms with Crippen molar-refractivity contribution in [1.29, 1.82) is 0 Å². The first-order chi connectivity index (χ1) is 8.76. The molecule has 1 atom stereocenters. The SMILES string of the molecule is C#CC(OC(=O)OC)c1cccc2ccccc12. The Morgan fingerprint density at radius 3 is 2.67 bits per heavy atom. The van der Waals surface area contributed by atoms with Crippen LogP contribution in [0.1, 0.15) is 11.7 Å². The summed E-state index contributed by atoms with van der Waals surface area (Å²) in [7, 11) is 1.25. The fourth-order valence-electron chi connectivity index (χ4n) is 1.81. The van der Waals surface area contributed by atoms with Gasteiger partial charge in [0.2, 0.25) is 0 Å². The lowest BCUT2D eigenvalue weighted by molar-refractivity contribution is 0.0554. The summed E-state index contributed by atoms with van der Waals surface area (Å²) in [5, 5.41) is 2.01. The van der Waals surface area contributed by atoms with Crippen LogP contribution in [0, 0.1) is 12.3 Å². The van der Waals surface area contributed by atoms with Gasteiger partial charge in [-0.3, -0.25) is 0 Å². The molecule has 2 rings (SSSR count). The van der Waals surface area contributed by atoms with E-state index in [0.717, 1.165) is 16.3 Å². The fourth-order valence-corrected chi connectivity index (χ4v) is 1.81. The van der Waals surface area contributed by atoms with Crippen LogP contribution in [0.4, 0.5) is 4.79 Å². The molecular formula is C15H12O3. The van der Waals surface area contributed by atoms with E-state index in [1.807, 2.05) is 42.5 Å². The molecule has 0 spiro atoms. The van der Waals surface area contributed by atoms with E-state index in [-0.39, 0.29) is 0 Å². The molecule has 90 valence electrons. The van der Waals surface area contributed by atoms with Crippen LogP contribution < -0.4 is 0 Å². The first-order valence-corrected chi connectivity index (χ1v) is 5.44. The molecule has 0 aromatic heterocycles. The number of terminal acetylenes is 1. The molecule has 0 radical (unpaired) electrons. The quantitative estimate of drug-likeness (QED) is 0.596. The van der Waals surface area contributed by atoms with Crippen LogP contribution in [0.15, 0.2) is 42.5 Å². The number of carbonyl (C=O) groups excluding carboxylic acids is 1. The van der Waals surface area contributed by atoms with Crippen LogP contribution in [0.25, 0.3) is 10.8 Å². The predicted octanol–water partition coefficient (Wildman–Crippen LogP) is 3.30. The molecule has 0 aliphatic carbocycles. The van der Waals surface area contributed by atoms with Gasteiger partial charge in [0.25, 0.3) is 0 Å². The molecule has 0 heterocycles. The molecule has 0 amide bonds. The zero-order valence-corrected chi connectivity index (χ0v) is 9.92. The zero-order valence-electron chi connectivity index (χ0n) is 9.92. The van der Waals surface area contributed by atoms with Crippen molar-refractivity contribution in [2.75, 3.05) is 7.11 Å². The Kier molecular flexibility index (Phi) is 3.49. The summed E-state index contributed by atoms with van der Waals surface area (Å²) in [6.45, 7) is 0. The highest BCUT2D eigenvalue weighted by Gasteiger charge is 2.16. The molecule has 0 aliphatic rings. The number of ether oxygens (including phenoxy) is 2. The molecule has 3 heteroatoms. The van der Waals surface area contributed by atoms with Crippen LogP contribution in [-0.2, 0) is 9.47 Å². The van der Waals surface area contributed by atoms with Crippen LogP contribution in [-0.4, -0.2) is 13.3 Å². The Labute approximate surface area is 105 Å². The number of rotatable bonds is 2. The normalized spacial score (nSPS) is 11.6. The first kappa shape index (κ1) is 12.0. The van der Waals surface area contributed by atoms with E-state index in [1.165, 1.54) is 7.11 Å². The van der Waals surface area contributed by atoms with Crippen molar-refractivity contribution >= 4 is 16.9 Å². The molecule has 0 saturated carbocycles. The van der Waals surface area contributed by atoms with Crippen molar-refractivity contribution in [1.82, 2.24) is 0 Å². The molecule has 0 bridgehead atoms. The Bertz CT molecular complexity index is 605. The fraction of sp³-hybridized carbons (Fsp3) is 0.133. The maximum atomic E-state index is 11.2. The lowest BCUT2D eigenvalue weighted by atomic mass is 10.0. The second-order valence-corrected chi connectivity index (χ2v) is 3.69. The van der Waals surface area contributed by atoms with Gasteiger partial charge in [-0.25, -0.2) is 4.79 Å². The lowest BCUT2D eigenvalue weighted by Gasteiger charge is -2.13. The van der Waals surface area contributed by atoms with Crippen molar-refractivity contribution in [3.05, 3.63) is 48.0 Å². The van der Waals surface area contributed by atoms with Crippen molar-refractivity contribution in [3.8, 4) is 12.3 Å². The largest absolute Gasteiger partial charge is 0.509 e. The highest BCUT2D eigenvalue weighted by Crippen LogP contribution is 2.26. The van der Waals surface area contributed by atoms with Crippen molar-refractivity contribution in [3.63, 3.8) is 0 Å². The first-order valence-electron chi connectivity index (χ1n) is 5.44. The topological polar surface area (TPSA) is 35.5 Å². The van der Waals surface area contributed by atoms with Crippen LogP contribution in [0.3, 0.4) is 0 Å². The highest BCUT2D eigenvalue weighted by molar-refractivity contribution is 5.86. The standard InChI is InChI=1S/C15H12O3/c1-3-14(18-15(16)17-2)13-10-6-8-11-7-4-5-9-12(11)13/h1,4-10,14H,2H3. The summed E-state index contributed by atoms with van der Waals surface area (Å²) in [5.74, 6) is 2.45. The number of carbonyl (C=O) groups is 1. The van der Waals surface area contributed by atoms with Gasteiger partial charge in [-0.05, 0) is 10.8 Å². The van der Waals surface area contributed by atoms with Gasteiger partial charge in [0.1, 0.15) is 0 Å². The van der Waals surface area contributed by atoms with Gasteiger partial charge in [0.05, 0.1) is 7.11 Å². The van der Waals surface area contributed by atoms with Crippen molar-refractivity contribution in [2.24, 2.45) is 0 Å². The van der Waals surface area contributed by atoms with E-state index in [9.17, 15) is 4.79 Å². The number of hydrogen-bond donors (Lipinski definition) is 0. The average Bonchev–Trinajstić information content (AvgIpc) is 2.44. The Hall–Kier alpha value is -2.47. The highest BCUT2D eigenvalue weighted by atomic mass is 16.7. The summed E-state index contributed by atoms with van der Waals surface area (Å²) in [6, 6.07) is 13.5. The summed E-state index contributed by atoms with van der Waals surface area (Å²) in [4.78, 5) is 11.2. The monoisotopic (exact) mass is 240 g/mol. The molecule has 2 aromatic rings. The second kappa shape index (κ2) is 5.24. The minimum absolute atomic E-state index is 0.747. The third-order valence-corrected chi connectivity index (χ3v) is 2.64. The molecule has 0 aliphatic heterocycles. The Balaban J connectivity index is 2.46. The second-order valence-electron chi connectivity index (χ2n) is 3.69. The third kappa shape index (κ3) is 2.28.